The lowest BCUT2D eigenvalue weighted by Crippen LogP contribution is -2.41. The van der Waals surface area contributed by atoms with Crippen LogP contribution in [0.2, 0.25) is 0 Å². The molecule has 2 aromatic carbocycles. The molecule has 2 aromatic rings. The molecule has 0 spiro atoms. The summed E-state index contributed by atoms with van der Waals surface area (Å²) in [6, 6.07) is 17.7. The predicted octanol–water partition coefficient (Wildman–Crippen LogP) is 3.59. The fourth-order valence-electron chi connectivity index (χ4n) is 3.02. The molecule has 3 rings (SSSR count). The third-order valence-electron chi connectivity index (χ3n) is 4.69. The average Bonchev–Trinajstić information content (AvgIpc) is 3.25. The number of benzene rings is 2. The lowest BCUT2D eigenvalue weighted by molar-refractivity contribution is -0.122. The van der Waals surface area contributed by atoms with Gasteiger partial charge in [0, 0.05) is 12.3 Å². The van der Waals surface area contributed by atoms with E-state index in [0.29, 0.717) is 6.42 Å². The Morgan fingerprint density at radius 1 is 1.17 bits per heavy atom. The first-order chi connectivity index (χ1) is 14.3. The van der Waals surface area contributed by atoms with E-state index in [1.54, 1.807) is 12.3 Å². The van der Waals surface area contributed by atoms with Crippen molar-refractivity contribution < 1.29 is 9.53 Å². The largest absolute Gasteiger partial charge is 0.494 e. The molecular weight excluding hydrogens is 364 g/mol. The molecule has 1 aliphatic rings. The number of hydrogen-bond donors (Lipinski definition) is 3. The summed E-state index contributed by atoms with van der Waals surface area (Å²) in [5.41, 5.74) is 11.0. The highest BCUT2D eigenvalue weighted by Gasteiger charge is 2.29. The van der Waals surface area contributed by atoms with Gasteiger partial charge in [0.05, 0.1) is 6.61 Å². The zero-order valence-electron chi connectivity index (χ0n) is 16.7. The second kappa shape index (κ2) is 11.1. The van der Waals surface area contributed by atoms with Crippen molar-refractivity contribution in [2.24, 2.45) is 5.10 Å². The van der Waals surface area contributed by atoms with Gasteiger partial charge in [0.1, 0.15) is 11.8 Å². The van der Waals surface area contributed by atoms with Gasteiger partial charge >= 0.3 is 0 Å². The highest BCUT2D eigenvalue weighted by atomic mass is 16.5. The van der Waals surface area contributed by atoms with Gasteiger partial charge in [0.2, 0.25) is 0 Å². The molecule has 29 heavy (non-hydrogen) atoms. The molecule has 0 saturated carbocycles. The lowest BCUT2D eigenvalue weighted by Gasteiger charge is -2.11. The van der Waals surface area contributed by atoms with Crippen molar-refractivity contribution in [1.29, 1.82) is 0 Å². The molecule has 6 nitrogen and oxygen atoms in total. The molecule has 2 unspecified atom stereocenters. The van der Waals surface area contributed by atoms with Crippen molar-refractivity contribution in [3.05, 3.63) is 71.8 Å². The fourth-order valence-corrected chi connectivity index (χ4v) is 3.02. The molecule has 3 N–H and O–H groups in total. The Morgan fingerprint density at radius 2 is 1.97 bits per heavy atom. The number of ether oxygens (including phenoxy) is 1. The summed E-state index contributed by atoms with van der Waals surface area (Å²) >= 11 is 0. The minimum Gasteiger partial charge on any atom is -0.494 e. The second-order valence-corrected chi connectivity index (χ2v) is 6.92. The summed E-state index contributed by atoms with van der Waals surface area (Å²) in [6.45, 7) is 2.88. The van der Waals surface area contributed by atoms with Crippen LogP contribution >= 0.6 is 0 Å². The Morgan fingerprint density at radius 3 is 2.72 bits per heavy atom. The molecule has 1 amide bonds. The van der Waals surface area contributed by atoms with Crippen molar-refractivity contribution in [2.45, 2.75) is 38.3 Å². The van der Waals surface area contributed by atoms with Crippen molar-refractivity contribution in [3.63, 3.8) is 0 Å². The van der Waals surface area contributed by atoms with Gasteiger partial charge in [0.15, 0.2) is 0 Å². The summed E-state index contributed by atoms with van der Waals surface area (Å²) in [5.74, 6) is 0.712. The first kappa shape index (κ1) is 20.8. The molecule has 1 heterocycles. The molecule has 2 atom stereocenters. The predicted molar refractivity (Wildman–Crippen MR) is 116 cm³/mol. The van der Waals surface area contributed by atoms with Gasteiger partial charge in [-0.25, -0.2) is 16.3 Å². The molecular formula is C23H28N4O2. The van der Waals surface area contributed by atoms with E-state index in [4.69, 9.17) is 4.74 Å². The normalized spacial score (nSPS) is 19.1. The van der Waals surface area contributed by atoms with Crippen LogP contribution in [0.5, 0.6) is 5.75 Å². The number of rotatable bonds is 9. The zero-order chi connectivity index (χ0) is 20.3. The number of allylic oxidation sites excluding steroid dienone is 1. The van der Waals surface area contributed by atoms with Gasteiger partial charge in [-0.1, -0.05) is 61.9 Å². The zero-order valence-corrected chi connectivity index (χ0v) is 16.7. The first-order valence-corrected chi connectivity index (χ1v) is 10.0. The van der Waals surface area contributed by atoms with Gasteiger partial charge in [-0.15, -0.1) is 0 Å². The average molecular weight is 393 g/mol. The minimum absolute atomic E-state index is 0.0670. The molecule has 1 aliphatic heterocycles. The molecule has 152 valence electrons. The quantitative estimate of drug-likeness (QED) is 0.346. The van der Waals surface area contributed by atoms with Gasteiger partial charge in [-0.2, -0.15) is 5.10 Å². The molecule has 1 fully saturated rings. The van der Waals surface area contributed by atoms with Crippen LogP contribution in [0.1, 0.15) is 43.4 Å². The van der Waals surface area contributed by atoms with E-state index >= 15 is 0 Å². The second-order valence-electron chi connectivity index (χ2n) is 6.92. The van der Waals surface area contributed by atoms with Gasteiger partial charge in [0.25, 0.3) is 5.91 Å². The molecule has 6 heteroatoms. The van der Waals surface area contributed by atoms with Crippen molar-refractivity contribution in [2.75, 3.05) is 6.61 Å². The summed E-state index contributed by atoms with van der Waals surface area (Å²) in [5, 5.41) is 3.98. The number of nitrogens with zero attached hydrogens (tertiary/aromatic N) is 1. The van der Waals surface area contributed by atoms with E-state index in [1.165, 1.54) is 0 Å². The van der Waals surface area contributed by atoms with Gasteiger partial charge in [-0.05, 0) is 42.2 Å². The maximum Gasteiger partial charge on any atom is 0.258 e. The van der Waals surface area contributed by atoms with E-state index in [-0.39, 0.29) is 18.0 Å². The monoisotopic (exact) mass is 392 g/mol. The molecule has 0 bridgehead atoms. The van der Waals surface area contributed by atoms with Crippen LogP contribution in [0.15, 0.2) is 65.8 Å². The Balaban J connectivity index is 1.43. The summed E-state index contributed by atoms with van der Waals surface area (Å²) < 4.78 is 5.69. The number of unbranched alkanes of at least 4 members (excludes halogenated alkanes) is 1. The number of carbonyl (C=O) groups excluding carboxylic acids is 1. The Bertz CT molecular complexity index is 819. The summed E-state index contributed by atoms with van der Waals surface area (Å²) in [4.78, 5) is 12.3. The third-order valence-corrected chi connectivity index (χ3v) is 4.69. The first-order valence-electron chi connectivity index (χ1n) is 10.0. The number of hydrazone groups is 1. The van der Waals surface area contributed by atoms with Crippen LogP contribution in [0.3, 0.4) is 0 Å². The van der Waals surface area contributed by atoms with Crippen LogP contribution in [-0.4, -0.2) is 24.8 Å². The topological polar surface area (TPSA) is 74.8 Å². The smallest absolute Gasteiger partial charge is 0.258 e. The number of nitrogens with one attached hydrogen (secondary N) is 3. The highest BCUT2D eigenvalue weighted by molar-refractivity contribution is 5.84. The molecule has 0 aliphatic carbocycles. The van der Waals surface area contributed by atoms with E-state index in [2.05, 4.69) is 28.3 Å². The van der Waals surface area contributed by atoms with Crippen LogP contribution in [0.25, 0.3) is 6.08 Å². The minimum atomic E-state index is -0.337. The number of hydrazine groups is 1. The van der Waals surface area contributed by atoms with Crippen LogP contribution < -0.4 is 21.0 Å². The Hall–Kier alpha value is -2.96. The van der Waals surface area contributed by atoms with Crippen LogP contribution in [0, 0.1) is 0 Å². The van der Waals surface area contributed by atoms with E-state index in [9.17, 15) is 4.79 Å². The van der Waals surface area contributed by atoms with E-state index in [1.807, 2.05) is 60.7 Å². The Kier molecular flexibility index (Phi) is 7.98. The van der Waals surface area contributed by atoms with Crippen molar-refractivity contribution in [3.8, 4) is 5.75 Å². The lowest BCUT2D eigenvalue weighted by atomic mass is 10.0. The Labute approximate surface area is 172 Å². The number of amides is 1. The maximum absolute atomic E-state index is 12.3. The van der Waals surface area contributed by atoms with E-state index in [0.717, 1.165) is 36.3 Å². The fraction of sp³-hybridized carbons (Fsp3) is 0.304. The van der Waals surface area contributed by atoms with Gasteiger partial charge < -0.3 is 4.74 Å². The highest BCUT2D eigenvalue weighted by Crippen LogP contribution is 2.24. The number of hydrogen-bond acceptors (Lipinski definition) is 5. The van der Waals surface area contributed by atoms with Crippen LogP contribution in [0.4, 0.5) is 0 Å². The molecule has 0 aromatic heterocycles. The maximum atomic E-state index is 12.3. The summed E-state index contributed by atoms with van der Waals surface area (Å²) in [6.07, 6.45) is 8.11. The van der Waals surface area contributed by atoms with Crippen molar-refractivity contribution >= 4 is 18.2 Å². The van der Waals surface area contributed by atoms with Gasteiger partial charge in [-0.3, -0.25) is 4.79 Å². The summed E-state index contributed by atoms with van der Waals surface area (Å²) in [7, 11) is 0. The SMILES string of the molecule is CCCCOc1ccc(C2CC(C(=O)N/N=C/C=C/c3ccccc3)NN2)cc1. The standard InChI is InChI=1S/C23H28N4O2/c1-2-3-16-29-20-13-11-19(12-14-20)21-17-22(26-25-21)23(28)27-24-15-7-10-18-8-5-4-6-9-18/h4-15,21-22,25-26H,2-3,16-17H2,1H3,(H,27,28)/b10-7+,24-15+. The molecule has 0 radical (unpaired) electrons. The number of carbonyl (C=O) groups is 1. The van der Waals surface area contributed by atoms with Crippen LogP contribution in [-0.2, 0) is 4.79 Å². The van der Waals surface area contributed by atoms with Crippen molar-refractivity contribution in [1.82, 2.24) is 16.3 Å². The third kappa shape index (κ3) is 6.55. The van der Waals surface area contributed by atoms with E-state index < -0.39 is 0 Å². The molecule has 1 saturated heterocycles.